The van der Waals surface area contributed by atoms with E-state index >= 15 is 0 Å². The van der Waals surface area contributed by atoms with Crippen LogP contribution in [0.2, 0.25) is 0 Å². The van der Waals surface area contributed by atoms with E-state index in [1.165, 1.54) is 6.33 Å². The molecule has 0 saturated heterocycles. The number of para-hydroxylation sites is 1. The van der Waals surface area contributed by atoms with Crippen LogP contribution in [-0.2, 0) is 0 Å². The highest BCUT2D eigenvalue weighted by Gasteiger charge is 2.09. The van der Waals surface area contributed by atoms with E-state index in [0.29, 0.717) is 23.1 Å². The van der Waals surface area contributed by atoms with Gasteiger partial charge in [-0.2, -0.15) is 0 Å². The van der Waals surface area contributed by atoms with E-state index in [4.69, 9.17) is 4.74 Å². The number of aromatic nitrogens is 4. The minimum absolute atomic E-state index is 0.311. The molecular formula is C23H22N6O2. The number of nitrogens with zero attached hydrogens (tertiary/aromatic N) is 4. The van der Waals surface area contributed by atoms with Crippen LogP contribution in [0.4, 0.5) is 16.2 Å². The number of carbonyl (C=O) groups is 1. The molecule has 2 heterocycles. The second-order valence-electron chi connectivity index (χ2n) is 7.02. The first-order valence-electron chi connectivity index (χ1n) is 9.74. The fourth-order valence-corrected chi connectivity index (χ4v) is 2.97. The highest BCUT2D eigenvalue weighted by molar-refractivity contribution is 6.00. The summed E-state index contributed by atoms with van der Waals surface area (Å²) in [5.41, 5.74) is 4.35. The zero-order valence-electron chi connectivity index (χ0n) is 17.5. The SMILES string of the molecule is Cc1ccccc1NC(=O)Nc1ccc(Oc2cc(-n3cnc(C)c3C)ncn2)cc1. The maximum Gasteiger partial charge on any atom is 0.323 e. The molecule has 0 unspecified atom stereocenters. The van der Waals surface area contributed by atoms with Gasteiger partial charge in [0.2, 0.25) is 5.88 Å². The summed E-state index contributed by atoms with van der Waals surface area (Å²) >= 11 is 0. The normalized spacial score (nSPS) is 10.5. The lowest BCUT2D eigenvalue weighted by atomic mass is 10.2. The molecule has 0 aliphatic carbocycles. The average molecular weight is 414 g/mol. The van der Waals surface area contributed by atoms with E-state index in [2.05, 4.69) is 25.6 Å². The summed E-state index contributed by atoms with van der Waals surface area (Å²) in [6.45, 7) is 5.86. The summed E-state index contributed by atoms with van der Waals surface area (Å²) in [5, 5.41) is 5.64. The number of urea groups is 1. The Labute approximate surface area is 180 Å². The van der Waals surface area contributed by atoms with Crippen LogP contribution < -0.4 is 15.4 Å². The van der Waals surface area contributed by atoms with Crippen LogP contribution >= 0.6 is 0 Å². The number of nitrogens with one attached hydrogen (secondary N) is 2. The van der Waals surface area contributed by atoms with Gasteiger partial charge in [-0.15, -0.1) is 0 Å². The molecule has 0 bridgehead atoms. The van der Waals surface area contributed by atoms with Gasteiger partial charge in [0, 0.05) is 23.1 Å². The van der Waals surface area contributed by atoms with Crippen molar-refractivity contribution in [2.24, 2.45) is 0 Å². The van der Waals surface area contributed by atoms with Crippen molar-refractivity contribution in [1.82, 2.24) is 19.5 Å². The first-order chi connectivity index (χ1) is 15.0. The lowest BCUT2D eigenvalue weighted by molar-refractivity contribution is 0.262. The molecule has 0 radical (unpaired) electrons. The number of anilines is 2. The van der Waals surface area contributed by atoms with Gasteiger partial charge in [0.1, 0.15) is 24.2 Å². The number of ether oxygens (including phenoxy) is 1. The van der Waals surface area contributed by atoms with Crippen LogP contribution in [0.25, 0.3) is 5.82 Å². The van der Waals surface area contributed by atoms with E-state index in [-0.39, 0.29) is 6.03 Å². The number of hydrogen-bond donors (Lipinski definition) is 2. The Bertz CT molecular complexity index is 1220. The second-order valence-corrected chi connectivity index (χ2v) is 7.02. The molecule has 2 aromatic carbocycles. The number of benzene rings is 2. The van der Waals surface area contributed by atoms with Crippen LogP contribution in [0.5, 0.6) is 11.6 Å². The van der Waals surface area contributed by atoms with E-state index in [9.17, 15) is 4.79 Å². The molecule has 2 aromatic heterocycles. The summed E-state index contributed by atoms with van der Waals surface area (Å²) in [4.78, 5) is 25.0. The Morgan fingerprint density at radius 2 is 1.71 bits per heavy atom. The molecule has 0 aliphatic heterocycles. The smallest absolute Gasteiger partial charge is 0.323 e. The summed E-state index contributed by atoms with van der Waals surface area (Å²) < 4.78 is 7.72. The van der Waals surface area contributed by atoms with Crippen molar-refractivity contribution in [3.63, 3.8) is 0 Å². The Balaban J connectivity index is 1.41. The highest BCUT2D eigenvalue weighted by atomic mass is 16.5. The number of aryl methyl sites for hydroxylation is 2. The van der Waals surface area contributed by atoms with Crippen molar-refractivity contribution in [3.8, 4) is 17.4 Å². The molecule has 4 aromatic rings. The maximum atomic E-state index is 12.2. The molecular weight excluding hydrogens is 392 g/mol. The topological polar surface area (TPSA) is 94.0 Å². The fourth-order valence-electron chi connectivity index (χ4n) is 2.97. The van der Waals surface area contributed by atoms with E-state index in [1.807, 2.05) is 49.6 Å². The Hall–Kier alpha value is -4.20. The molecule has 0 saturated carbocycles. The van der Waals surface area contributed by atoms with Crippen LogP contribution in [0.15, 0.2) is 67.3 Å². The van der Waals surface area contributed by atoms with Crippen molar-refractivity contribution in [2.75, 3.05) is 10.6 Å². The Kier molecular flexibility index (Phi) is 5.61. The largest absolute Gasteiger partial charge is 0.439 e. The van der Waals surface area contributed by atoms with Gasteiger partial charge in [0.15, 0.2) is 0 Å². The van der Waals surface area contributed by atoms with Gasteiger partial charge in [-0.1, -0.05) is 18.2 Å². The lowest BCUT2D eigenvalue weighted by Crippen LogP contribution is -2.19. The molecule has 4 rings (SSSR count). The van der Waals surface area contributed by atoms with Gasteiger partial charge in [0.25, 0.3) is 0 Å². The molecule has 8 nitrogen and oxygen atoms in total. The van der Waals surface area contributed by atoms with E-state index in [0.717, 1.165) is 22.6 Å². The monoisotopic (exact) mass is 414 g/mol. The summed E-state index contributed by atoms with van der Waals surface area (Å²) in [6.07, 6.45) is 3.17. The minimum atomic E-state index is -0.311. The number of amides is 2. The number of hydrogen-bond acceptors (Lipinski definition) is 5. The van der Waals surface area contributed by atoms with Crippen molar-refractivity contribution >= 4 is 17.4 Å². The third-order valence-electron chi connectivity index (χ3n) is 4.85. The van der Waals surface area contributed by atoms with Crippen LogP contribution in [0, 0.1) is 20.8 Å². The van der Waals surface area contributed by atoms with Crippen LogP contribution in [-0.4, -0.2) is 25.6 Å². The predicted molar refractivity (Wildman–Crippen MR) is 119 cm³/mol. The van der Waals surface area contributed by atoms with Gasteiger partial charge in [0.05, 0.1) is 5.69 Å². The molecule has 31 heavy (non-hydrogen) atoms. The third kappa shape index (κ3) is 4.69. The minimum Gasteiger partial charge on any atom is -0.439 e. The van der Waals surface area contributed by atoms with Crippen molar-refractivity contribution < 1.29 is 9.53 Å². The van der Waals surface area contributed by atoms with Crippen LogP contribution in [0.3, 0.4) is 0 Å². The van der Waals surface area contributed by atoms with Crippen molar-refractivity contribution in [3.05, 3.63) is 84.2 Å². The van der Waals surface area contributed by atoms with Gasteiger partial charge in [-0.3, -0.25) is 4.57 Å². The first-order valence-corrected chi connectivity index (χ1v) is 9.74. The van der Waals surface area contributed by atoms with E-state index in [1.54, 1.807) is 36.7 Å². The fraction of sp³-hybridized carbons (Fsp3) is 0.130. The molecule has 8 heteroatoms. The number of imidazole rings is 1. The standard InChI is InChI=1S/C23H22N6O2/c1-15-6-4-5-7-20(15)28-23(30)27-18-8-10-19(11-9-18)31-22-12-21(24-13-25-22)29-14-26-16(2)17(29)3/h4-14H,1-3H3,(H2,27,28,30). The van der Waals surface area contributed by atoms with Gasteiger partial charge in [-0.05, 0) is 56.7 Å². The van der Waals surface area contributed by atoms with Gasteiger partial charge < -0.3 is 15.4 Å². The molecule has 0 atom stereocenters. The number of carbonyl (C=O) groups excluding carboxylic acids is 1. The molecule has 0 spiro atoms. The summed E-state index contributed by atoms with van der Waals surface area (Å²) in [7, 11) is 0. The molecule has 0 aliphatic rings. The Morgan fingerprint density at radius 1 is 0.935 bits per heavy atom. The zero-order chi connectivity index (χ0) is 21.8. The van der Waals surface area contributed by atoms with Gasteiger partial charge >= 0.3 is 6.03 Å². The van der Waals surface area contributed by atoms with E-state index < -0.39 is 0 Å². The van der Waals surface area contributed by atoms with Crippen LogP contribution in [0.1, 0.15) is 17.0 Å². The third-order valence-corrected chi connectivity index (χ3v) is 4.85. The summed E-state index contributed by atoms with van der Waals surface area (Å²) in [5.74, 6) is 1.68. The van der Waals surface area contributed by atoms with Crippen molar-refractivity contribution in [2.45, 2.75) is 20.8 Å². The number of rotatable bonds is 5. The summed E-state index contributed by atoms with van der Waals surface area (Å²) in [6, 6.07) is 16.1. The second kappa shape index (κ2) is 8.66. The quantitative estimate of drug-likeness (QED) is 0.478. The zero-order valence-corrected chi connectivity index (χ0v) is 17.5. The molecule has 0 fully saturated rings. The molecule has 2 N–H and O–H groups in total. The maximum absolute atomic E-state index is 12.2. The highest BCUT2D eigenvalue weighted by Crippen LogP contribution is 2.23. The Morgan fingerprint density at radius 3 is 2.42 bits per heavy atom. The predicted octanol–water partition coefficient (Wildman–Crippen LogP) is 5.02. The molecule has 2 amide bonds. The first kappa shape index (κ1) is 20.1. The van der Waals surface area contributed by atoms with Crippen molar-refractivity contribution in [1.29, 1.82) is 0 Å². The van der Waals surface area contributed by atoms with Gasteiger partial charge in [-0.25, -0.2) is 19.7 Å². The average Bonchev–Trinajstić information content (AvgIpc) is 3.10. The lowest BCUT2D eigenvalue weighted by Gasteiger charge is -2.11. The molecule has 156 valence electrons.